The third-order valence-electron chi connectivity index (χ3n) is 4.11. The molecule has 1 heterocycles. The Hall–Kier alpha value is -0.380. The minimum atomic E-state index is 0.289. The Morgan fingerprint density at radius 3 is 2.41 bits per heavy atom. The molecular formula is C13H22BrN3. The van der Waals surface area contributed by atoms with E-state index in [0.717, 1.165) is 11.2 Å². The van der Waals surface area contributed by atoms with E-state index in [9.17, 15) is 0 Å². The molecule has 96 valence electrons. The van der Waals surface area contributed by atoms with Crippen molar-refractivity contribution in [3.63, 3.8) is 0 Å². The molecule has 0 saturated heterocycles. The highest BCUT2D eigenvalue weighted by molar-refractivity contribution is 9.08. The van der Waals surface area contributed by atoms with Gasteiger partial charge in [0, 0.05) is 11.5 Å². The highest BCUT2D eigenvalue weighted by Crippen LogP contribution is 2.43. The lowest BCUT2D eigenvalue weighted by Crippen LogP contribution is -2.27. The van der Waals surface area contributed by atoms with E-state index in [1.54, 1.807) is 0 Å². The molecule has 1 aliphatic rings. The number of halogens is 1. The largest absolute Gasteiger partial charge is 0.311 e. The van der Waals surface area contributed by atoms with Crippen LogP contribution in [0.25, 0.3) is 0 Å². The summed E-state index contributed by atoms with van der Waals surface area (Å²) in [6.45, 7) is 6.73. The Labute approximate surface area is 112 Å². The van der Waals surface area contributed by atoms with E-state index in [4.69, 9.17) is 0 Å². The highest BCUT2D eigenvalue weighted by atomic mass is 79.9. The fourth-order valence-corrected chi connectivity index (χ4v) is 3.49. The molecule has 0 aliphatic heterocycles. The molecule has 0 aromatic carbocycles. The molecule has 17 heavy (non-hydrogen) atoms. The maximum atomic E-state index is 4.52. The number of hydrogen-bond acceptors (Lipinski definition) is 2. The van der Waals surface area contributed by atoms with Gasteiger partial charge < -0.3 is 4.57 Å². The van der Waals surface area contributed by atoms with Crippen molar-refractivity contribution in [2.24, 2.45) is 0 Å². The third-order valence-corrected chi connectivity index (χ3v) is 4.62. The Morgan fingerprint density at radius 1 is 1.29 bits per heavy atom. The first-order valence-corrected chi connectivity index (χ1v) is 7.77. The highest BCUT2D eigenvalue weighted by Gasteiger charge is 2.39. The van der Waals surface area contributed by atoms with Crippen LogP contribution in [0.4, 0.5) is 0 Å². The van der Waals surface area contributed by atoms with E-state index in [0.29, 0.717) is 6.04 Å². The average molecular weight is 300 g/mol. The van der Waals surface area contributed by atoms with Crippen LogP contribution in [0, 0.1) is 0 Å². The lowest BCUT2D eigenvalue weighted by atomic mass is 9.82. The zero-order valence-electron chi connectivity index (χ0n) is 11.0. The van der Waals surface area contributed by atoms with E-state index < -0.39 is 0 Å². The van der Waals surface area contributed by atoms with Gasteiger partial charge in [0.05, 0.1) is 5.33 Å². The maximum absolute atomic E-state index is 4.52. The first-order chi connectivity index (χ1) is 8.14. The molecule has 0 unspecified atom stereocenters. The fraction of sp³-hybridized carbons (Fsp3) is 0.846. The van der Waals surface area contributed by atoms with Crippen molar-refractivity contribution >= 4 is 15.9 Å². The van der Waals surface area contributed by atoms with Crippen LogP contribution in [-0.2, 0) is 10.7 Å². The normalized spacial score (nSPS) is 19.1. The predicted octanol–water partition coefficient (Wildman–Crippen LogP) is 3.98. The van der Waals surface area contributed by atoms with E-state index in [2.05, 4.69) is 51.5 Å². The van der Waals surface area contributed by atoms with E-state index in [1.807, 2.05) is 0 Å². The second-order valence-electron chi connectivity index (χ2n) is 5.38. The van der Waals surface area contributed by atoms with Gasteiger partial charge in [-0.2, -0.15) is 0 Å². The lowest BCUT2D eigenvalue weighted by Gasteiger charge is -2.28. The van der Waals surface area contributed by atoms with Gasteiger partial charge in [0.15, 0.2) is 0 Å². The van der Waals surface area contributed by atoms with Gasteiger partial charge >= 0.3 is 0 Å². The molecule has 4 heteroatoms. The van der Waals surface area contributed by atoms with Gasteiger partial charge in [-0.3, -0.25) is 0 Å². The minimum Gasteiger partial charge on any atom is -0.311 e. The number of hydrogen-bond donors (Lipinski definition) is 0. The SMILES string of the molecule is CCC1(c2nnc(CBr)n2C(C)C)CCCC1. The molecule has 0 N–H and O–H groups in total. The van der Waals surface area contributed by atoms with Gasteiger partial charge in [-0.15, -0.1) is 10.2 Å². The third kappa shape index (κ3) is 2.16. The summed E-state index contributed by atoms with van der Waals surface area (Å²) in [5.41, 5.74) is 0.289. The molecule has 0 bridgehead atoms. The first kappa shape index (κ1) is 13.1. The maximum Gasteiger partial charge on any atom is 0.143 e. The molecule has 0 atom stereocenters. The first-order valence-electron chi connectivity index (χ1n) is 6.65. The molecule has 1 aromatic heterocycles. The molecule has 1 fully saturated rings. The van der Waals surface area contributed by atoms with Crippen molar-refractivity contribution < 1.29 is 0 Å². The average Bonchev–Trinajstić information content (AvgIpc) is 2.95. The van der Waals surface area contributed by atoms with Gasteiger partial charge in [-0.1, -0.05) is 35.7 Å². The summed E-state index contributed by atoms with van der Waals surface area (Å²) in [6.07, 6.45) is 6.40. The van der Waals surface area contributed by atoms with Crippen molar-refractivity contribution in [2.45, 2.75) is 69.7 Å². The van der Waals surface area contributed by atoms with Gasteiger partial charge in [0.1, 0.15) is 11.6 Å². The Morgan fingerprint density at radius 2 is 1.94 bits per heavy atom. The number of aromatic nitrogens is 3. The van der Waals surface area contributed by atoms with Crippen LogP contribution in [0.5, 0.6) is 0 Å². The molecule has 1 saturated carbocycles. The van der Waals surface area contributed by atoms with Crippen LogP contribution < -0.4 is 0 Å². The van der Waals surface area contributed by atoms with Gasteiger partial charge in [0.2, 0.25) is 0 Å². The van der Waals surface area contributed by atoms with Crippen molar-refractivity contribution in [1.82, 2.24) is 14.8 Å². The summed E-state index contributed by atoms with van der Waals surface area (Å²) >= 11 is 3.51. The molecule has 2 rings (SSSR count). The van der Waals surface area contributed by atoms with E-state index in [-0.39, 0.29) is 5.41 Å². The number of rotatable bonds is 4. The van der Waals surface area contributed by atoms with Crippen molar-refractivity contribution in [2.75, 3.05) is 0 Å². The fourth-order valence-electron chi connectivity index (χ4n) is 3.11. The molecule has 0 spiro atoms. The Kier molecular flexibility index (Phi) is 3.91. The molecule has 0 amide bonds. The molecule has 1 aliphatic carbocycles. The topological polar surface area (TPSA) is 30.7 Å². The van der Waals surface area contributed by atoms with Crippen molar-refractivity contribution in [3.05, 3.63) is 11.6 Å². The molecule has 0 radical (unpaired) electrons. The van der Waals surface area contributed by atoms with E-state index in [1.165, 1.54) is 37.9 Å². The van der Waals surface area contributed by atoms with Crippen LogP contribution in [0.15, 0.2) is 0 Å². The van der Waals surface area contributed by atoms with Gasteiger partial charge in [0.25, 0.3) is 0 Å². The zero-order chi connectivity index (χ0) is 12.5. The summed E-state index contributed by atoms with van der Waals surface area (Å²) in [5, 5.41) is 9.67. The molecule has 1 aromatic rings. The van der Waals surface area contributed by atoms with Gasteiger partial charge in [-0.25, -0.2) is 0 Å². The lowest BCUT2D eigenvalue weighted by molar-refractivity contribution is 0.366. The van der Waals surface area contributed by atoms with Crippen LogP contribution in [0.2, 0.25) is 0 Å². The van der Waals surface area contributed by atoms with Crippen LogP contribution in [0.3, 0.4) is 0 Å². The van der Waals surface area contributed by atoms with Crippen LogP contribution in [-0.4, -0.2) is 14.8 Å². The number of alkyl halides is 1. The standard InChI is InChI=1S/C13H22BrN3/c1-4-13(7-5-6-8-13)12-16-15-11(9-14)17(12)10(2)3/h10H,4-9H2,1-3H3. The quantitative estimate of drug-likeness (QED) is 0.788. The number of nitrogens with zero attached hydrogens (tertiary/aromatic N) is 3. The Bertz CT molecular complexity index is 378. The predicted molar refractivity (Wildman–Crippen MR) is 73.5 cm³/mol. The smallest absolute Gasteiger partial charge is 0.143 e. The zero-order valence-corrected chi connectivity index (χ0v) is 12.6. The molecule has 3 nitrogen and oxygen atoms in total. The van der Waals surface area contributed by atoms with Crippen molar-refractivity contribution in [1.29, 1.82) is 0 Å². The minimum absolute atomic E-state index is 0.289. The summed E-state index contributed by atoms with van der Waals surface area (Å²) in [6, 6.07) is 0.441. The monoisotopic (exact) mass is 299 g/mol. The van der Waals surface area contributed by atoms with Crippen molar-refractivity contribution in [3.8, 4) is 0 Å². The second-order valence-corrected chi connectivity index (χ2v) is 5.94. The van der Waals surface area contributed by atoms with Gasteiger partial charge in [-0.05, 0) is 33.1 Å². The summed E-state index contributed by atoms with van der Waals surface area (Å²) in [7, 11) is 0. The van der Waals surface area contributed by atoms with Crippen LogP contribution in [0.1, 0.15) is 70.6 Å². The van der Waals surface area contributed by atoms with Crippen LogP contribution >= 0.6 is 15.9 Å². The molecular weight excluding hydrogens is 278 g/mol. The summed E-state index contributed by atoms with van der Waals surface area (Å²) < 4.78 is 2.34. The summed E-state index contributed by atoms with van der Waals surface area (Å²) in [5.74, 6) is 2.29. The second kappa shape index (κ2) is 5.09. The Balaban J connectivity index is 2.47. The van der Waals surface area contributed by atoms with E-state index >= 15 is 0 Å². The summed E-state index contributed by atoms with van der Waals surface area (Å²) in [4.78, 5) is 0.